The first-order chi connectivity index (χ1) is 12.0. The number of carbonyl (C=O) groups excluding carboxylic acids is 1. The number of ether oxygens (including phenoxy) is 1. The van der Waals surface area contributed by atoms with Crippen LogP contribution in [0.5, 0.6) is 5.75 Å². The summed E-state index contributed by atoms with van der Waals surface area (Å²) in [5.41, 5.74) is 1.30. The Kier molecular flexibility index (Phi) is 6.53. The minimum Gasteiger partial charge on any atom is -0.508 e. The summed E-state index contributed by atoms with van der Waals surface area (Å²) in [6.07, 6.45) is 0.866. The molecule has 26 heavy (non-hydrogen) atoms. The predicted octanol–water partition coefficient (Wildman–Crippen LogP) is 3.56. The van der Waals surface area contributed by atoms with Crippen molar-refractivity contribution in [1.29, 1.82) is 0 Å². The minimum absolute atomic E-state index is 0.126. The molecule has 1 aromatic carbocycles. The molecule has 1 aliphatic rings. The number of anilines is 1. The maximum atomic E-state index is 12.4. The van der Waals surface area contributed by atoms with Gasteiger partial charge in [0.15, 0.2) is 0 Å². The number of phenols is 1. The molecule has 0 bridgehead atoms. The van der Waals surface area contributed by atoms with Gasteiger partial charge in [0.1, 0.15) is 5.75 Å². The Morgan fingerprint density at radius 2 is 1.85 bits per heavy atom. The van der Waals surface area contributed by atoms with Crippen LogP contribution in [0.2, 0.25) is 0 Å². The second-order valence-electron chi connectivity index (χ2n) is 8.93. The Morgan fingerprint density at radius 3 is 2.46 bits per heavy atom. The highest BCUT2D eigenvalue weighted by Gasteiger charge is 2.27. The fourth-order valence-electron chi connectivity index (χ4n) is 3.63. The molecule has 2 amide bonds. The lowest BCUT2D eigenvalue weighted by molar-refractivity contribution is 0.0339. The van der Waals surface area contributed by atoms with Gasteiger partial charge in [-0.1, -0.05) is 20.8 Å². The monoisotopic (exact) mass is 363 g/mol. The summed E-state index contributed by atoms with van der Waals surface area (Å²) in [5, 5.41) is 16.0. The SMILES string of the molecule is CC(C)(C)CC(C)(C)NC(=O)Nc1ccc(O)c(CN2CCOCC2)c1. The van der Waals surface area contributed by atoms with E-state index in [9.17, 15) is 9.90 Å². The molecule has 1 heterocycles. The first kappa shape index (κ1) is 20.5. The highest BCUT2D eigenvalue weighted by molar-refractivity contribution is 5.89. The number of morpholine rings is 1. The van der Waals surface area contributed by atoms with Crippen molar-refractivity contribution in [3.63, 3.8) is 0 Å². The highest BCUT2D eigenvalue weighted by Crippen LogP contribution is 2.27. The third-order valence-electron chi connectivity index (χ3n) is 4.26. The molecule has 146 valence electrons. The lowest BCUT2D eigenvalue weighted by Crippen LogP contribution is -2.47. The number of benzene rings is 1. The van der Waals surface area contributed by atoms with Crippen molar-refractivity contribution in [2.45, 2.75) is 53.1 Å². The molecule has 0 spiro atoms. The first-order valence-corrected chi connectivity index (χ1v) is 9.25. The van der Waals surface area contributed by atoms with Crippen LogP contribution in [-0.2, 0) is 11.3 Å². The number of carbonyl (C=O) groups is 1. The summed E-state index contributed by atoms with van der Waals surface area (Å²) in [7, 11) is 0. The number of aromatic hydroxyl groups is 1. The van der Waals surface area contributed by atoms with Gasteiger partial charge in [0, 0.05) is 36.4 Å². The van der Waals surface area contributed by atoms with Gasteiger partial charge in [0.05, 0.1) is 13.2 Å². The molecule has 1 aliphatic heterocycles. The van der Waals surface area contributed by atoms with E-state index in [4.69, 9.17) is 4.74 Å². The molecular weight excluding hydrogens is 330 g/mol. The smallest absolute Gasteiger partial charge is 0.319 e. The fourth-order valence-corrected chi connectivity index (χ4v) is 3.63. The number of phenolic OH excluding ortho intramolecular Hbond substituents is 1. The normalized spacial score (nSPS) is 16.3. The number of amides is 2. The second-order valence-corrected chi connectivity index (χ2v) is 8.93. The molecule has 0 radical (unpaired) electrons. The molecule has 1 aromatic rings. The van der Waals surface area contributed by atoms with Gasteiger partial charge in [0.25, 0.3) is 0 Å². The quantitative estimate of drug-likeness (QED) is 0.699. The van der Waals surface area contributed by atoms with Gasteiger partial charge in [-0.2, -0.15) is 0 Å². The summed E-state index contributed by atoms with van der Waals surface area (Å²) < 4.78 is 5.36. The zero-order valence-corrected chi connectivity index (χ0v) is 16.7. The van der Waals surface area contributed by atoms with E-state index in [-0.39, 0.29) is 22.7 Å². The summed E-state index contributed by atoms with van der Waals surface area (Å²) in [6, 6.07) is 4.95. The molecule has 0 saturated carbocycles. The van der Waals surface area contributed by atoms with Gasteiger partial charge in [-0.15, -0.1) is 0 Å². The average molecular weight is 364 g/mol. The third-order valence-corrected chi connectivity index (χ3v) is 4.26. The van der Waals surface area contributed by atoms with Gasteiger partial charge in [-0.05, 0) is 43.9 Å². The van der Waals surface area contributed by atoms with E-state index in [0.717, 1.165) is 25.1 Å². The molecule has 0 atom stereocenters. The summed E-state index contributed by atoms with van der Waals surface area (Å²) in [6.45, 7) is 14.3. The van der Waals surface area contributed by atoms with Crippen LogP contribution in [0.3, 0.4) is 0 Å². The van der Waals surface area contributed by atoms with Crippen molar-refractivity contribution in [1.82, 2.24) is 10.2 Å². The van der Waals surface area contributed by atoms with Gasteiger partial charge in [-0.25, -0.2) is 4.79 Å². The summed E-state index contributed by atoms with van der Waals surface area (Å²) in [5.74, 6) is 0.246. The summed E-state index contributed by atoms with van der Waals surface area (Å²) >= 11 is 0. The van der Waals surface area contributed by atoms with Crippen LogP contribution in [-0.4, -0.2) is 47.9 Å². The van der Waals surface area contributed by atoms with Gasteiger partial charge >= 0.3 is 6.03 Å². The lowest BCUT2D eigenvalue weighted by Gasteiger charge is -2.33. The second kappa shape index (κ2) is 8.27. The van der Waals surface area contributed by atoms with Crippen molar-refractivity contribution in [2.24, 2.45) is 5.41 Å². The molecule has 0 aromatic heterocycles. The number of urea groups is 1. The number of nitrogens with zero attached hydrogens (tertiary/aromatic N) is 1. The van der Waals surface area contributed by atoms with Crippen LogP contribution in [0.25, 0.3) is 0 Å². The molecule has 0 aliphatic carbocycles. The van der Waals surface area contributed by atoms with E-state index in [0.29, 0.717) is 25.4 Å². The molecule has 0 unspecified atom stereocenters. The number of rotatable bonds is 5. The standard InChI is InChI=1S/C20H33N3O3/c1-19(2,3)14-20(4,5)22-18(25)21-16-6-7-17(24)15(12-16)13-23-8-10-26-11-9-23/h6-7,12,24H,8-11,13-14H2,1-5H3,(H2,21,22,25). The van der Waals surface area contributed by atoms with Crippen molar-refractivity contribution in [3.05, 3.63) is 23.8 Å². The maximum Gasteiger partial charge on any atom is 0.319 e. The third kappa shape index (κ3) is 6.84. The Hall–Kier alpha value is -1.79. The average Bonchev–Trinajstić information content (AvgIpc) is 2.48. The molecule has 6 nitrogen and oxygen atoms in total. The van der Waals surface area contributed by atoms with Crippen molar-refractivity contribution < 1.29 is 14.6 Å². The van der Waals surface area contributed by atoms with Crippen LogP contribution < -0.4 is 10.6 Å². The van der Waals surface area contributed by atoms with E-state index in [2.05, 4.69) is 36.3 Å². The van der Waals surface area contributed by atoms with E-state index in [1.807, 2.05) is 19.9 Å². The minimum atomic E-state index is -0.310. The zero-order chi connectivity index (χ0) is 19.4. The largest absolute Gasteiger partial charge is 0.508 e. The Labute approximate surface area is 156 Å². The Morgan fingerprint density at radius 1 is 1.19 bits per heavy atom. The van der Waals surface area contributed by atoms with Crippen molar-refractivity contribution in [2.75, 3.05) is 31.6 Å². The Balaban J connectivity index is 1.98. The van der Waals surface area contributed by atoms with Crippen molar-refractivity contribution in [3.8, 4) is 5.75 Å². The van der Waals surface area contributed by atoms with E-state index in [1.165, 1.54) is 0 Å². The Bertz CT molecular complexity index is 617. The molecule has 6 heteroatoms. The van der Waals surface area contributed by atoms with Crippen LogP contribution >= 0.6 is 0 Å². The van der Waals surface area contributed by atoms with Crippen molar-refractivity contribution >= 4 is 11.7 Å². The zero-order valence-electron chi connectivity index (χ0n) is 16.7. The van der Waals surface area contributed by atoms with E-state index in [1.54, 1.807) is 12.1 Å². The molecular formula is C20H33N3O3. The molecule has 3 N–H and O–H groups in total. The van der Waals surface area contributed by atoms with Crippen LogP contribution in [0.4, 0.5) is 10.5 Å². The fraction of sp³-hybridized carbons (Fsp3) is 0.650. The molecule has 1 fully saturated rings. The maximum absolute atomic E-state index is 12.4. The predicted molar refractivity (Wildman–Crippen MR) is 105 cm³/mol. The topological polar surface area (TPSA) is 73.8 Å². The first-order valence-electron chi connectivity index (χ1n) is 9.25. The highest BCUT2D eigenvalue weighted by atomic mass is 16.5. The van der Waals surface area contributed by atoms with Crippen LogP contribution in [0.15, 0.2) is 18.2 Å². The molecule has 1 saturated heterocycles. The number of nitrogens with one attached hydrogen (secondary N) is 2. The summed E-state index contributed by atoms with van der Waals surface area (Å²) in [4.78, 5) is 14.6. The van der Waals surface area contributed by atoms with Gasteiger partial charge in [-0.3, -0.25) is 4.90 Å². The van der Waals surface area contributed by atoms with Gasteiger partial charge < -0.3 is 20.5 Å². The lowest BCUT2D eigenvalue weighted by atomic mass is 9.82. The van der Waals surface area contributed by atoms with E-state index < -0.39 is 0 Å². The van der Waals surface area contributed by atoms with Crippen LogP contribution in [0, 0.1) is 5.41 Å². The number of hydrogen-bond donors (Lipinski definition) is 3. The number of hydrogen-bond acceptors (Lipinski definition) is 4. The molecule has 2 rings (SSSR count). The van der Waals surface area contributed by atoms with Crippen LogP contribution in [0.1, 0.15) is 46.6 Å². The van der Waals surface area contributed by atoms with E-state index >= 15 is 0 Å². The van der Waals surface area contributed by atoms with Gasteiger partial charge in [0.2, 0.25) is 0 Å².